The SMILES string of the molecule is CC(C)OCCCNC(=S)Nc1ccc2c(c1)OCCO2. The molecule has 2 N–H and O–H groups in total. The fraction of sp³-hybridized carbons (Fsp3) is 0.533. The van der Waals surface area contributed by atoms with Crippen LogP contribution in [0.3, 0.4) is 0 Å². The fourth-order valence-corrected chi connectivity index (χ4v) is 2.11. The molecule has 6 heteroatoms. The van der Waals surface area contributed by atoms with Crippen LogP contribution in [0.1, 0.15) is 20.3 Å². The zero-order valence-corrected chi connectivity index (χ0v) is 13.3. The van der Waals surface area contributed by atoms with Gasteiger partial charge in [0.15, 0.2) is 16.6 Å². The molecule has 0 saturated carbocycles. The molecule has 1 heterocycles. The molecule has 1 aliphatic heterocycles. The lowest BCUT2D eigenvalue weighted by atomic mass is 10.2. The van der Waals surface area contributed by atoms with Crippen LogP contribution in [0.25, 0.3) is 0 Å². The first-order chi connectivity index (χ1) is 10.1. The van der Waals surface area contributed by atoms with Crippen LogP contribution in [0.15, 0.2) is 18.2 Å². The molecular formula is C15H22N2O3S. The van der Waals surface area contributed by atoms with E-state index in [-0.39, 0.29) is 6.10 Å². The van der Waals surface area contributed by atoms with Gasteiger partial charge in [-0.1, -0.05) is 0 Å². The van der Waals surface area contributed by atoms with Crippen molar-refractivity contribution in [1.82, 2.24) is 5.32 Å². The van der Waals surface area contributed by atoms with Gasteiger partial charge in [-0.25, -0.2) is 0 Å². The molecule has 21 heavy (non-hydrogen) atoms. The topological polar surface area (TPSA) is 51.8 Å². The quantitative estimate of drug-likeness (QED) is 0.622. The van der Waals surface area contributed by atoms with E-state index in [1.807, 2.05) is 32.0 Å². The third kappa shape index (κ3) is 5.40. The minimum atomic E-state index is 0.271. The highest BCUT2D eigenvalue weighted by Crippen LogP contribution is 2.32. The molecule has 0 spiro atoms. The molecule has 0 unspecified atom stereocenters. The van der Waals surface area contributed by atoms with Crippen LogP contribution in [-0.4, -0.2) is 37.6 Å². The summed E-state index contributed by atoms with van der Waals surface area (Å²) >= 11 is 5.26. The third-order valence-corrected chi connectivity index (χ3v) is 3.10. The second-order valence-electron chi connectivity index (χ2n) is 5.01. The average molecular weight is 310 g/mol. The molecule has 0 aliphatic carbocycles. The molecule has 0 radical (unpaired) electrons. The highest BCUT2D eigenvalue weighted by molar-refractivity contribution is 7.80. The van der Waals surface area contributed by atoms with E-state index in [2.05, 4.69) is 10.6 Å². The summed E-state index contributed by atoms with van der Waals surface area (Å²) in [5.74, 6) is 1.52. The van der Waals surface area contributed by atoms with Crippen LogP contribution in [0.2, 0.25) is 0 Å². The molecule has 1 aliphatic rings. The van der Waals surface area contributed by atoms with E-state index in [1.165, 1.54) is 0 Å². The smallest absolute Gasteiger partial charge is 0.170 e. The molecule has 0 saturated heterocycles. The summed E-state index contributed by atoms with van der Waals surface area (Å²) in [6.07, 6.45) is 1.19. The number of benzene rings is 1. The lowest BCUT2D eigenvalue weighted by Gasteiger charge is -2.19. The highest BCUT2D eigenvalue weighted by Gasteiger charge is 2.11. The van der Waals surface area contributed by atoms with Crippen molar-refractivity contribution in [2.45, 2.75) is 26.4 Å². The maximum absolute atomic E-state index is 5.54. The predicted octanol–water partition coefficient (Wildman–Crippen LogP) is 2.56. The second-order valence-corrected chi connectivity index (χ2v) is 5.42. The van der Waals surface area contributed by atoms with Gasteiger partial charge in [0.25, 0.3) is 0 Å². The first-order valence-corrected chi connectivity index (χ1v) is 7.62. The van der Waals surface area contributed by atoms with Gasteiger partial charge in [-0.15, -0.1) is 0 Å². The van der Waals surface area contributed by atoms with E-state index in [4.69, 9.17) is 26.4 Å². The van der Waals surface area contributed by atoms with Gasteiger partial charge < -0.3 is 24.8 Å². The zero-order chi connectivity index (χ0) is 15.1. The Bertz CT molecular complexity index is 480. The number of fused-ring (bicyclic) bond motifs is 1. The summed E-state index contributed by atoms with van der Waals surface area (Å²) in [5.41, 5.74) is 0.884. The number of ether oxygens (including phenoxy) is 3. The van der Waals surface area contributed by atoms with Crippen molar-refractivity contribution in [3.63, 3.8) is 0 Å². The van der Waals surface area contributed by atoms with Crippen molar-refractivity contribution < 1.29 is 14.2 Å². The van der Waals surface area contributed by atoms with Gasteiger partial charge in [-0.05, 0) is 44.6 Å². The van der Waals surface area contributed by atoms with Crippen LogP contribution in [-0.2, 0) is 4.74 Å². The maximum atomic E-state index is 5.54. The lowest BCUT2D eigenvalue weighted by Crippen LogP contribution is -2.30. The predicted molar refractivity (Wildman–Crippen MR) is 87.4 cm³/mol. The Morgan fingerprint density at radius 3 is 2.81 bits per heavy atom. The average Bonchev–Trinajstić information content (AvgIpc) is 2.46. The van der Waals surface area contributed by atoms with E-state index in [9.17, 15) is 0 Å². The number of anilines is 1. The van der Waals surface area contributed by atoms with Gasteiger partial charge in [0.2, 0.25) is 0 Å². The van der Waals surface area contributed by atoms with Gasteiger partial charge in [-0.2, -0.15) is 0 Å². The molecule has 0 amide bonds. The standard InChI is InChI=1S/C15H22N2O3S/c1-11(2)18-7-3-6-16-15(21)17-12-4-5-13-14(10-12)20-9-8-19-13/h4-5,10-11H,3,6-9H2,1-2H3,(H2,16,17,21). The number of rotatable bonds is 6. The van der Waals surface area contributed by atoms with Gasteiger partial charge in [0.05, 0.1) is 6.10 Å². The van der Waals surface area contributed by atoms with E-state index < -0.39 is 0 Å². The molecule has 1 aromatic carbocycles. The molecule has 0 aromatic heterocycles. The van der Waals surface area contributed by atoms with Crippen LogP contribution in [0.4, 0.5) is 5.69 Å². The van der Waals surface area contributed by atoms with Crippen molar-refractivity contribution >= 4 is 23.0 Å². The van der Waals surface area contributed by atoms with Gasteiger partial charge in [0, 0.05) is 24.9 Å². The number of hydrogen-bond acceptors (Lipinski definition) is 4. The van der Waals surface area contributed by atoms with E-state index in [1.54, 1.807) is 0 Å². The van der Waals surface area contributed by atoms with Crippen molar-refractivity contribution in [1.29, 1.82) is 0 Å². The van der Waals surface area contributed by atoms with Gasteiger partial charge in [-0.3, -0.25) is 0 Å². The van der Waals surface area contributed by atoms with Gasteiger partial charge in [0.1, 0.15) is 13.2 Å². The Balaban J connectivity index is 1.72. The largest absolute Gasteiger partial charge is 0.486 e. The maximum Gasteiger partial charge on any atom is 0.170 e. The van der Waals surface area contributed by atoms with Gasteiger partial charge >= 0.3 is 0 Å². The zero-order valence-electron chi connectivity index (χ0n) is 12.5. The van der Waals surface area contributed by atoms with Crippen LogP contribution in [0, 0.1) is 0 Å². The number of thiocarbonyl (C=S) groups is 1. The summed E-state index contributed by atoms with van der Waals surface area (Å²) in [5, 5.41) is 6.88. The summed E-state index contributed by atoms with van der Waals surface area (Å²) in [6.45, 7) is 6.75. The van der Waals surface area contributed by atoms with E-state index in [0.717, 1.165) is 36.8 Å². The summed E-state index contributed by atoms with van der Waals surface area (Å²) in [7, 11) is 0. The van der Waals surface area contributed by atoms with Crippen molar-refractivity contribution in [3.8, 4) is 11.5 Å². The lowest BCUT2D eigenvalue weighted by molar-refractivity contribution is 0.0777. The third-order valence-electron chi connectivity index (χ3n) is 2.86. The Labute approximate surface area is 131 Å². The van der Waals surface area contributed by atoms with Crippen LogP contribution < -0.4 is 20.1 Å². The summed E-state index contributed by atoms with van der Waals surface area (Å²) < 4.78 is 16.5. The van der Waals surface area contributed by atoms with E-state index >= 15 is 0 Å². The minimum Gasteiger partial charge on any atom is -0.486 e. The molecular weight excluding hydrogens is 288 g/mol. The highest BCUT2D eigenvalue weighted by atomic mass is 32.1. The van der Waals surface area contributed by atoms with Crippen LogP contribution in [0.5, 0.6) is 11.5 Å². The number of hydrogen-bond donors (Lipinski definition) is 2. The Hall–Kier alpha value is -1.53. The summed E-state index contributed by atoms with van der Waals surface area (Å²) in [6, 6.07) is 5.70. The molecule has 116 valence electrons. The molecule has 5 nitrogen and oxygen atoms in total. The normalized spacial score (nSPS) is 13.1. The molecule has 0 fully saturated rings. The number of nitrogens with one attached hydrogen (secondary N) is 2. The molecule has 1 aromatic rings. The molecule has 0 bridgehead atoms. The molecule has 0 atom stereocenters. The Morgan fingerprint density at radius 2 is 2.05 bits per heavy atom. The van der Waals surface area contributed by atoms with E-state index in [0.29, 0.717) is 18.3 Å². The fourth-order valence-electron chi connectivity index (χ4n) is 1.89. The first-order valence-electron chi connectivity index (χ1n) is 7.21. The second kappa shape index (κ2) is 8.05. The molecule has 2 rings (SSSR count). The van der Waals surface area contributed by atoms with Crippen molar-refractivity contribution in [2.24, 2.45) is 0 Å². The van der Waals surface area contributed by atoms with Crippen LogP contribution >= 0.6 is 12.2 Å². The first kappa shape index (κ1) is 15.9. The Morgan fingerprint density at radius 1 is 1.29 bits per heavy atom. The van der Waals surface area contributed by atoms with Crippen molar-refractivity contribution in [3.05, 3.63) is 18.2 Å². The minimum absolute atomic E-state index is 0.271. The Kier molecular flexibility index (Phi) is 6.07. The van der Waals surface area contributed by atoms with Crippen molar-refractivity contribution in [2.75, 3.05) is 31.7 Å². The monoisotopic (exact) mass is 310 g/mol. The summed E-state index contributed by atoms with van der Waals surface area (Å²) in [4.78, 5) is 0.